The summed E-state index contributed by atoms with van der Waals surface area (Å²) < 4.78 is 30.8. The fraction of sp³-hybridized carbons (Fsp3) is 0.688. The SMILES string of the molecule is CNc1cccc(C2CN(C3CCN(S(C)(=O)=O)CC3)CCO2)n1. The molecule has 8 heteroatoms. The second kappa shape index (κ2) is 7.35. The number of nitrogens with zero attached hydrogens (tertiary/aromatic N) is 3. The molecule has 1 N–H and O–H groups in total. The van der Waals surface area contributed by atoms with E-state index in [0.717, 1.165) is 37.4 Å². The van der Waals surface area contributed by atoms with E-state index in [9.17, 15) is 8.42 Å². The lowest BCUT2D eigenvalue weighted by atomic mass is 10.0. The first kappa shape index (κ1) is 17.6. The summed E-state index contributed by atoms with van der Waals surface area (Å²) in [5, 5.41) is 3.06. The van der Waals surface area contributed by atoms with Gasteiger partial charge in [-0.05, 0) is 25.0 Å². The third kappa shape index (κ3) is 4.05. The molecule has 2 fully saturated rings. The fourth-order valence-electron chi connectivity index (χ4n) is 3.49. The molecule has 7 nitrogen and oxygen atoms in total. The van der Waals surface area contributed by atoms with Gasteiger partial charge >= 0.3 is 0 Å². The molecule has 3 heterocycles. The number of anilines is 1. The minimum absolute atomic E-state index is 0.0278. The number of aromatic nitrogens is 1. The van der Waals surface area contributed by atoms with Crippen LogP contribution in [0.5, 0.6) is 0 Å². The van der Waals surface area contributed by atoms with Gasteiger partial charge in [-0.1, -0.05) is 6.07 Å². The van der Waals surface area contributed by atoms with Crippen LogP contribution in [0.4, 0.5) is 5.82 Å². The van der Waals surface area contributed by atoms with Crippen molar-refractivity contribution in [1.29, 1.82) is 0 Å². The number of nitrogens with one attached hydrogen (secondary N) is 1. The van der Waals surface area contributed by atoms with E-state index in [1.54, 1.807) is 4.31 Å². The van der Waals surface area contributed by atoms with Gasteiger partial charge in [0.1, 0.15) is 11.9 Å². The maximum atomic E-state index is 11.6. The largest absolute Gasteiger partial charge is 0.373 e. The average molecular weight is 354 g/mol. The van der Waals surface area contributed by atoms with Gasteiger partial charge in [0, 0.05) is 39.3 Å². The molecule has 3 rings (SSSR count). The summed E-state index contributed by atoms with van der Waals surface area (Å²) >= 11 is 0. The normalized spacial score (nSPS) is 24.8. The van der Waals surface area contributed by atoms with Crippen molar-refractivity contribution in [3.8, 4) is 0 Å². The number of hydrogen-bond acceptors (Lipinski definition) is 6. The Bertz CT molecular complexity index is 659. The summed E-state index contributed by atoms with van der Waals surface area (Å²) in [6, 6.07) is 6.34. The maximum absolute atomic E-state index is 11.6. The highest BCUT2D eigenvalue weighted by molar-refractivity contribution is 7.88. The van der Waals surface area contributed by atoms with E-state index >= 15 is 0 Å². The van der Waals surface area contributed by atoms with Gasteiger partial charge in [0.2, 0.25) is 10.0 Å². The van der Waals surface area contributed by atoms with Crippen LogP contribution in [0.15, 0.2) is 18.2 Å². The van der Waals surface area contributed by atoms with E-state index in [1.807, 2.05) is 25.2 Å². The summed E-state index contributed by atoms with van der Waals surface area (Å²) in [4.78, 5) is 7.02. The molecule has 0 aromatic carbocycles. The van der Waals surface area contributed by atoms with Crippen molar-refractivity contribution < 1.29 is 13.2 Å². The minimum Gasteiger partial charge on any atom is -0.373 e. The van der Waals surface area contributed by atoms with Crippen LogP contribution in [-0.2, 0) is 14.8 Å². The number of morpholine rings is 1. The van der Waals surface area contributed by atoms with E-state index in [-0.39, 0.29) is 6.10 Å². The Kier molecular flexibility index (Phi) is 5.39. The Morgan fingerprint density at radius 1 is 1.25 bits per heavy atom. The summed E-state index contributed by atoms with van der Waals surface area (Å²) in [7, 11) is -1.21. The third-order valence-corrected chi connectivity index (χ3v) is 6.17. The van der Waals surface area contributed by atoms with Crippen LogP contribution in [0.3, 0.4) is 0 Å². The Hall–Kier alpha value is -1.22. The molecule has 0 radical (unpaired) electrons. The monoisotopic (exact) mass is 354 g/mol. The van der Waals surface area contributed by atoms with Crippen LogP contribution < -0.4 is 5.32 Å². The molecule has 0 saturated carbocycles. The summed E-state index contributed by atoms with van der Waals surface area (Å²) in [6.45, 7) is 3.61. The Balaban J connectivity index is 1.62. The summed E-state index contributed by atoms with van der Waals surface area (Å²) in [5.74, 6) is 0.842. The van der Waals surface area contributed by atoms with Gasteiger partial charge in [-0.3, -0.25) is 4.90 Å². The van der Waals surface area contributed by atoms with Crippen LogP contribution in [-0.4, -0.2) is 74.7 Å². The second-order valence-electron chi connectivity index (χ2n) is 6.45. The van der Waals surface area contributed by atoms with Crippen LogP contribution >= 0.6 is 0 Å². The van der Waals surface area contributed by atoms with Crippen molar-refractivity contribution in [3.05, 3.63) is 23.9 Å². The Morgan fingerprint density at radius 3 is 2.67 bits per heavy atom. The van der Waals surface area contributed by atoms with Gasteiger partial charge in [-0.2, -0.15) is 0 Å². The quantitative estimate of drug-likeness (QED) is 0.867. The lowest BCUT2D eigenvalue weighted by Gasteiger charge is -2.41. The lowest BCUT2D eigenvalue weighted by Crippen LogP contribution is -2.50. The molecule has 1 aromatic rings. The number of pyridine rings is 1. The van der Waals surface area contributed by atoms with Crippen molar-refractivity contribution in [3.63, 3.8) is 0 Å². The highest BCUT2D eigenvalue weighted by Crippen LogP contribution is 2.26. The van der Waals surface area contributed by atoms with E-state index in [2.05, 4.69) is 15.2 Å². The van der Waals surface area contributed by atoms with Gasteiger partial charge < -0.3 is 10.1 Å². The van der Waals surface area contributed by atoms with E-state index < -0.39 is 10.0 Å². The van der Waals surface area contributed by atoms with Crippen LogP contribution in [0.1, 0.15) is 24.6 Å². The Labute approximate surface area is 144 Å². The molecule has 24 heavy (non-hydrogen) atoms. The number of sulfonamides is 1. The summed E-state index contributed by atoms with van der Waals surface area (Å²) in [6.07, 6.45) is 3.02. The molecule has 134 valence electrons. The van der Waals surface area contributed by atoms with Gasteiger partial charge in [0.15, 0.2) is 0 Å². The van der Waals surface area contributed by atoms with Crippen molar-refractivity contribution in [2.75, 3.05) is 51.4 Å². The van der Waals surface area contributed by atoms with Crippen molar-refractivity contribution in [1.82, 2.24) is 14.2 Å². The molecule has 0 bridgehead atoms. The lowest BCUT2D eigenvalue weighted by molar-refractivity contribution is -0.0527. The number of hydrogen-bond donors (Lipinski definition) is 1. The topological polar surface area (TPSA) is 74.8 Å². The molecule has 1 unspecified atom stereocenters. The number of rotatable bonds is 4. The first-order valence-electron chi connectivity index (χ1n) is 8.43. The molecule has 2 aliphatic rings. The first-order chi connectivity index (χ1) is 11.5. The maximum Gasteiger partial charge on any atom is 0.211 e. The zero-order valence-electron chi connectivity index (χ0n) is 14.3. The number of ether oxygens (including phenoxy) is 1. The highest BCUT2D eigenvalue weighted by atomic mass is 32.2. The fourth-order valence-corrected chi connectivity index (χ4v) is 4.36. The van der Waals surface area contributed by atoms with Gasteiger partial charge in [0.25, 0.3) is 0 Å². The molecular formula is C16H26N4O3S. The van der Waals surface area contributed by atoms with E-state index in [4.69, 9.17) is 4.74 Å². The second-order valence-corrected chi connectivity index (χ2v) is 8.43. The van der Waals surface area contributed by atoms with Crippen molar-refractivity contribution >= 4 is 15.8 Å². The zero-order valence-corrected chi connectivity index (χ0v) is 15.1. The molecular weight excluding hydrogens is 328 g/mol. The minimum atomic E-state index is -3.07. The predicted octanol–water partition coefficient (Wildman–Crippen LogP) is 0.921. The standard InChI is InChI=1S/C16H26N4O3S/c1-17-16-5-3-4-14(18-16)15-12-19(10-11-23-15)13-6-8-20(9-7-13)24(2,21)22/h3-5,13,15H,6-12H2,1-2H3,(H,17,18). The molecule has 0 amide bonds. The van der Waals surface area contributed by atoms with Crippen LogP contribution in [0, 0.1) is 0 Å². The Morgan fingerprint density at radius 2 is 2.00 bits per heavy atom. The molecule has 2 aliphatic heterocycles. The van der Waals surface area contributed by atoms with Crippen LogP contribution in [0.2, 0.25) is 0 Å². The molecule has 1 aromatic heterocycles. The highest BCUT2D eigenvalue weighted by Gasteiger charge is 2.32. The molecule has 0 aliphatic carbocycles. The van der Waals surface area contributed by atoms with E-state index in [0.29, 0.717) is 25.7 Å². The average Bonchev–Trinajstić information content (AvgIpc) is 2.61. The van der Waals surface area contributed by atoms with E-state index in [1.165, 1.54) is 6.26 Å². The summed E-state index contributed by atoms with van der Waals surface area (Å²) in [5.41, 5.74) is 0.945. The van der Waals surface area contributed by atoms with Crippen molar-refractivity contribution in [2.45, 2.75) is 25.0 Å². The van der Waals surface area contributed by atoms with Gasteiger partial charge in [-0.15, -0.1) is 0 Å². The number of piperidine rings is 1. The zero-order chi connectivity index (χ0) is 17.2. The van der Waals surface area contributed by atoms with Crippen LogP contribution in [0.25, 0.3) is 0 Å². The predicted molar refractivity (Wildman–Crippen MR) is 93.5 cm³/mol. The smallest absolute Gasteiger partial charge is 0.211 e. The third-order valence-electron chi connectivity index (χ3n) is 4.86. The first-order valence-corrected chi connectivity index (χ1v) is 10.3. The molecule has 1 atom stereocenters. The van der Waals surface area contributed by atoms with Gasteiger partial charge in [-0.25, -0.2) is 17.7 Å². The van der Waals surface area contributed by atoms with Gasteiger partial charge in [0.05, 0.1) is 18.6 Å². The van der Waals surface area contributed by atoms with Crippen molar-refractivity contribution in [2.24, 2.45) is 0 Å². The molecule has 2 saturated heterocycles. The molecule has 0 spiro atoms.